The Morgan fingerprint density at radius 2 is 1.15 bits per heavy atom. The summed E-state index contributed by atoms with van der Waals surface area (Å²) in [5, 5.41) is 0. The van der Waals surface area contributed by atoms with Crippen LogP contribution in [0.3, 0.4) is 0 Å². The second-order valence-corrected chi connectivity index (χ2v) is 3.53. The van der Waals surface area contributed by atoms with Gasteiger partial charge in [0.25, 0.3) is 0 Å². The summed E-state index contributed by atoms with van der Waals surface area (Å²) in [6, 6.07) is 18.1. The number of halogens is 2. The number of nitrogen functional groups attached to an aromatic ring is 1. The van der Waals surface area contributed by atoms with Gasteiger partial charge in [-0.05, 0) is 11.6 Å². The number of hydrogen-bond acceptors (Lipinski definition) is 3. The van der Waals surface area contributed by atoms with Gasteiger partial charge in [-0.3, -0.25) is 0 Å². The van der Waals surface area contributed by atoms with E-state index in [2.05, 4.69) is 12.1 Å². The van der Waals surface area contributed by atoms with Crippen LogP contribution in [0.15, 0.2) is 54.6 Å². The number of rotatable bonds is 2. The number of benzene rings is 2. The van der Waals surface area contributed by atoms with Gasteiger partial charge in [0.1, 0.15) is 0 Å². The van der Waals surface area contributed by atoms with Crippen LogP contribution in [0.25, 0.3) is 11.1 Å². The second kappa shape index (κ2) is 14.8. The van der Waals surface area contributed by atoms with E-state index in [-0.39, 0.29) is 44.3 Å². The molecule has 6 N–H and O–H groups in total. The van der Waals surface area contributed by atoms with Gasteiger partial charge in [-0.1, -0.05) is 48.5 Å². The van der Waals surface area contributed by atoms with E-state index in [0.29, 0.717) is 13.1 Å². The summed E-state index contributed by atoms with van der Waals surface area (Å²) in [6.45, 7) is 1.19. The first-order valence-corrected chi connectivity index (χ1v) is 5.59. The normalized spacial score (nSPS) is 7.90. The molecule has 0 saturated heterocycles. The van der Waals surface area contributed by atoms with E-state index in [9.17, 15) is 0 Å². The summed E-state index contributed by atoms with van der Waals surface area (Å²) < 4.78 is 0. The molecule has 2 aromatic carbocycles. The Bertz CT molecular complexity index is 439. The maximum Gasteiger partial charge on any atom is 5.00 e. The third-order valence-electron chi connectivity index (χ3n) is 2.21. The molecule has 0 atom stereocenters. The van der Waals surface area contributed by atoms with Crippen LogP contribution >= 0.6 is 0 Å². The minimum Gasteiger partial charge on any atom is -1.00 e. The molecular formula is C14H19Cl2N3Ru+3. The molecule has 0 amide bonds. The van der Waals surface area contributed by atoms with Gasteiger partial charge in [0.2, 0.25) is 0 Å². The van der Waals surface area contributed by atoms with E-state index in [1.165, 1.54) is 5.56 Å². The molecule has 0 heterocycles. The van der Waals surface area contributed by atoms with Crippen molar-refractivity contribution in [3.05, 3.63) is 54.6 Å². The van der Waals surface area contributed by atoms with Gasteiger partial charge in [-0.2, -0.15) is 0 Å². The van der Waals surface area contributed by atoms with Gasteiger partial charge in [0.15, 0.2) is 0 Å². The Kier molecular flexibility index (Phi) is 18.0. The molecule has 1 radical (unpaired) electrons. The van der Waals surface area contributed by atoms with Crippen molar-refractivity contribution in [1.29, 1.82) is 0 Å². The standard InChI is InChI=1S/C12H11N.C2H8N2.2ClH.Ru/c13-12-9-5-4-8-11(12)10-6-2-1-3-7-10;3-1-2-4;;;/h1-9H,13H2;1-4H2;2*1H;/q;;;;+5/p-2. The Hall–Kier alpha value is -0.637. The van der Waals surface area contributed by atoms with Crippen molar-refractivity contribution in [1.82, 2.24) is 0 Å². The van der Waals surface area contributed by atoms with Crippen molar-refractivity contribution in [2.45, 2.75) is 0 Å². The monoisotopic (exact) mass is 401 g/mol. The van der Waals surface area contributed by atoms with E-state index in [1.54, 1.807) is 0 Å². The van der Waals surface area contributed by atoms with Crippen molar-refractivity contribution < 1.29 is 44.3 Å². The smallest absolute Gasteiger partial charge is 1.00 e. The van der Waals surface area contributed by atoms with Crippen LogP contribution in [0.5, 0.6) is 0 Å². The summed E-state index contributed by atoms with van der Waals surface area (Å²) in [5.74, 6) is 0. The molecule has 20 heavy (non-hydrogen) atoms. The first-order valence-electron chi connectivity index (χ1n) is 5.59. The number of para-hydroxylation sites is 1. The quantitative estimate of drug-likeness (QED) is 0.353. The van der Waals surface area contributed by atoms with Gasteiger partial charge in [-0.15, -0.1) is 0 Å². The van der Waals surface area contributed by atoms with Crippen molar-refractivity contribution in [2.24, 2.45) is 11.5 Å². The largest absolute Gasteiger partial charge is 5.00 e. The minimum atomic E-state index is 0. The van der Waals surface area contributed by atoms with Gasteiger partial charge in [0.05, 0.1) is 0 Å². The van der Waals surface area contributed by atoms with E-state index in [0.717, 1.165) is 11.3 Å². The molecule has 0 unspecified atom stereocenters. The maximum atomic E-state index is 5.85. The van der Waals surface area contributed by atoms with E-state index < -0.39 is 0 Å². The SMILES string of the molecule is NCCN.Nc1ccccc1-c1ccccc1.[Cl-].[Cl-].[Ru+5]. The summed E-state index contributed by atoms with van der Waals surface area (Å²) >= 11 is 0. The molecule has 0 aromatic heterocycles. The fourth-order valence-corrected chi connectivity index (χ4v) is 1.38. The Morgan fingerprint density at radius 1 is 0.700 bits per heavy atom. The topological polar surface area (TPSA) is 78.1 Å². The van der Waals surface area contributed by atoms with Crippen LogP contribution in [0.4, 0.5) is 5.69 Å². The molecule has 0 spiro atoms. The predicted molar refractivity (Wildman–Crippen MR) is 74.4 cm³/mol. The molecular weight excluding hydrogens is 382 g/mol. The molecule has 2 aromatic rings. The minimum absolute atomic E-state index is 0. The fourth-order valence-electron chi connectivity index (χ4n) is 1.38. The summed E-state index contributed by atoms with van der Waals surface area (Å²) in [7, 11) is 0. The first kappa shape index (κ1) is 24.4. The zero-order valence-electron chi connectivity index (χ0n) is 11.0. The molecule has 2 rings (SSSR count). The van der Waals surface area contributed by atoms with Gasteiger partial charge < -0.3 is 42.0 Å². The van der Waals surface area contributed by atoms with E-state index in [1.807, 2.05) is 42.5 Å². The van der Waals surface area contributed by atoms with Crippen molar-refractivity contribution >= 4 is 5.69 Å². The molecule has 0 fully saturated rings. The summed E-state index contributed by atoms with van der Waals surface area (Å²) in [4.78, 5) is 0. The zero-order valence-corrected chi connectivity index (χ0v) is 14.2. The van der Waals surface area contributed by atoms with Crippen molar-refractivity contribution in [3.8, 4) is 11.1 Å². The van der Waals surface area contributed by atoms with E-state index in [4.69, 9.17) is 17.2 Å². The van der Waals surface area contributed by atoms with Crippen molar-refractivity contribution in [3.63, 3.8) is 0 Å². The van der Waals surface area contributed by atoms with Gasteiger partial charge in [-0.25, -0.2) is 0 Å². The number of anilines is 1. The third kappa shape index (κ3) is 8.52. The van der Waals surface area contributed by atoms with Gasteiger partial charge >= 0.3 is 19.5 Å². The molecule has 0 saturated carbocycles. The molecule has 0 aliphatic heterocycles. The third-order valence-corrected chi connectivity index (χ3v) is 2.21. The second-order valence-electron chi connectivity index (χ2n) is 3.53. The number of nitrogens with two attached hydrogens (primary N) is 3. The maximum absolute atomic E-state index is 5.85. The van der Waals surface area contributed by atoms with E-state index >= 15 is 0 Å². The van der Waals surface area contributed by atoms with Crippen LogP contribution in [-0.4, -0.2) is 13.1 Å². The average Bonchev–Trinajstić information content (AvgIpc) is 2.41. The summed E-state index contributed by atoms with van der Waals surface area (Å²) in [5.41, 5.74) is 18.8. The molecule has 109 valence electrons. The first-order chi connectivity index (χ1) is 8.29. The summed E-state index contributed by atoms with van der Waals surface area (Å²) in [6.07, 6.45) is 0. The molecule has 3 nitrogen and oxygen atoms in total. The van der Waals surface area contributed by atoms with Crippen molar-refractivity contribution in [2.75, 3.05) is 18.8 Å². The molecule has 0 bridgehead atoms. The predicted octanol–water partition coefficient (Wildman–Crippen LogP) is -4.15. The number of hydrogen-bond donors (Lipinski definition) is 3. The Labute approximate surface area is 145 Å². The Morgan fingerprint density at radius 3 is 1.60 bits per heavy atom. The zero-order chi connectivity index (χ0) is 12.5. The fraction of sp³-hybridized carbons (Fsp3) is 0.143. The Balaban J connectivity index is -0.000000372. The molecule has 6 heteroatoms. The van der Waals surface area contributed by atoms with Gasteiger partial charge in [0, 0.05) is 24.3 Å². The van der Waals surface area contributed by atoms with Crippen LogP contribution < -0.4 is 42.0 Å². The van der Waals surface area contributed by atoms with Crippen LogP contribution in [0, 0.1) is 0 Å². The molecule has 0 aliphatic rings. The van der Waals surface area contributed by atoms with Crippen LogP contribution in [-0.2, 0) is 19.5 Å². The van der Waals surface area contributed by atoms with Crippen LogP contribution in [0.1, 0.15) is 0 Å². The average molecular weight is 401 g/mol. The molecule has 0 aliphatic carbocycles. The van der Waals surface area contributed by atoms with Crippen LogP contribution in [0.2, 0.25) is 0 Å².